The van der Waals surface area contributed by atoms with E-state index in [1.807, 2.05) is 0 Å². The van der Waals surface area contributed by atoms with Crippen LogP contribution in [-0.4, -0.2) is 20.9 Å². The molecule has 0 aliphatic heterocycles. The largest absolute Gasteiger partial charge is 0.351 e. The molecule has 1 amide bonds. The van der Waals surface area contributed by atoms with Gasteiger partial charge in [-0.05, 0) is 42.3 Å². The number of amides is 1. The van der Waals surface area contributed by atoms with Gasteiger partial charge < -0.3 is 5.32 Å². The van der Waals surface area contributed by atoms with E-state index in [2.05, 4.69) is 5.32 Å². The Hall–Kier alpha value is -2.29. The van der Waals surface area contributed by atoms with Crippen molar-refractivity contribution >= 4 is 37.4 Å². The summed E-state index contributed by atoms with van der Waals surface area (Å²) in [6, 6.07) is 12.5. The molecule has 3 N–H and O–H groups in total. The molecule has 0 saturated carbocycles. The van der Waals surface area contributed by atoms with Gasteiger partial charge in [0.25, 0.3) is 5.91 Å². The van der Waals surface area contributed by atoms with E-state index in [-0.39, 0.29) is 16.6 Å². The molecule has 0 fully saturated rings. The minimum absolute atomic E-state index is 0.0487. The van der Waals surface area contributed by atoms with Crippen LogP contribution in [-0.2, 0) is 16.4 Å². The molecular weight excluding hydrogens is 363 g/mol. The van der Waals surface area contributed by atoms with Gasteiger partial charge in [-0.1, -0.05) is 18.2 Å². The number of thiophene rings is 1. The molecule has 0 saturated heterocycles. The third-order valence-corrected chi connectivity index (χ3v) is 5.71. The van der Waals surface area contributed by atoms with Gasteiger partial charge in [-0.25, -0.2) is 17.9 Å². The third-order valence-electron chi connectivity index (χ3n) is 3.68. The highest BCUT2D eigenvalue weighted by atomic mass is 32.2. The number of carbonyl (C=O) groups is 1. The number of carbonyl (C=O) groups excluding carboxylic acids is 1. The van der Waals surface area contributed by atoms with Crippen molar-refractivity contribution in [2.24, 2.45) is 5.14 Å². The Balaban J connectivity index is 1.61. The van der Waals surface area contributed by atoms with Crippen LogP contribution in [0.25, 0.3) is 10.1 Å². The molecule has 8 heteroatoms. The van der Waals surface area contributed by atoms with Gasteiger partial charge in [0.15, 0.2) is 0 Å². The zero-order valence-corrected chi connectivity index (χ0v) is 14.7. The minimum atomic E-state index is -3.70. The van der Waals surface area contributed by atoms with Crippen molar-refractivity contribution in [1.82, 2.24) is 5.32 Å². The molecule has 0 bridgehead atoms. The summed E-state index contributed by atoms with van der Waals surface area (Å²) < 4.78 is 36.8. The summed E-state index contributed by atoms with van der Waals surface area (Å²) in [5, 5.41) is 8.26. The van der Waals surface area contributed by atoms with E-state index in [1.54, 1.807) is 30.3 Å². The number of fused-ring (bicyclic) bond motifs is 1. The second-order valence-electron chi connectivity index (χ2n) is 5.46. The highest BCUT2D eigenvalue weighted by molar-refractivity contribution is 7.89. The third kappa shape index (κ3) is 4.04. The van der Waals surface area contributed by atoms with E-state index >= 15 is 0 Å². The van der Waals surface area contributed by atoms with E-state index in [9.17, 15) is 17.6 Å². The lowest BCUT2D eigenvalue weighted by atomic mass is 10.1. The first-order valence-electron chi connectivity index (χ1n) is 7.42. The van der Waals surface area contributed by atoms with Crippen molar-refractivity contribution in [1.29, 1.82) is 0 Å². The lowest BCUT2D eigenvalue weighted by Gasteiger charge is -2.05. The quantitative estimate of drug-likeness (QED) is 0.715. The molecule has 0 radical (unpaired) electrons. The Morgan fingerprint density at radius 2 is 1.88 bits per heavy atom. The number of sulfonamides is 1. The molecule has 0 atom stereocenters. The second kappa shape index (κ2) is 6.91. The molecule has 25 heavy (non-hydrogen) atoms. The van der Waals surface area contributed by atoms with Gasteiger partial charge >= 0.3 is 0 Å². The van der Waals surface area contributed by atoms with Crippen LogP contribution in [0.15, 0.2) is 53.4 Å². The van der Waals surface area contributed by atoms with Crippen LogP contribution in [0.1, 0.15) is 15.2 Å². The smallest absolute Gasteiger partial charge is 0.261 e. The van der Waals surface area contributed by atoms with Crippen molar-refractivity contribution in [3.05, 3.63) is 64.8 Å². The monoisotopic (exact) mass is 378 g/mol. The molecule has 0 spiro atoms. The number of hydrogen-bond acceptors (Lipinski definition) is 4. The minimum Gasteiger partial charge on any atom is -0.351 e. The zero-order valence-electron chi connectivity index (χ0n) is 13.0. The van der Waals surface area contributed by atoms with Gasteiger partial charge in [0, 0.05) is 16.6 Å². The average molecular weight is 378 g/mol. The molecule has 0 aliphatic carbocycles. The van der Waals surface area contributed by atoms with Gasteiger partial charge in [-0.15, -0.1) is 11.3 Å². The molecule has 130 valence electrons. The van der Waals surface area contributed by atoms with E-state index in [4.69, 9.17) is 5.14 Å². The molecule has 3 aromatic rings. The predicted molar refractivity (Wildman–Crippen MR) is 95.6 cm³/mol. The van der Waals surface area contributed by atoms with Crippen molar-refractivity contribution in [3.63, 3.8) is 0 Å². The summed E-state index contributed by atoms with van der Waals surface area (Å²) in [6.45, 7) is 0.379. The van der Waals surface area contributed by atoms with E-state index < -0.39 is 10.0 Å². The predicted octanol–water partition coefficient (Wildman–Crippen LogP) is 2.66. The first kappa shape index (κ1) is 17.5. The van der Waals surface area contributed by atoms with E-state index in [1.165, 1.54) is 29.5 Å². The summed E-state index contributed by atoms with van der Waals surface area (Å²) in [6.07, 6.45) is 0.538. The number of hydrogen-bond donors (Lipinski definition) is 2. The SMILES string of the molecule is NS(=O)(=O)c1ccc(CCNC(=O)c2cc3c(F)cccc3s2)cc1. The second-order valence-corrected chi connectivity index (χ2v) is 8.10. The molecule has 1 heterocycles. The van der Waals surface area contributed by atoms with Crippen LogP contribution >= 0.6 is 11.3 Å². The van der Waals surface area contributed by atoms with E-state index in [0.29, 0.717) is 23.2 Å². The summed E-state index contributed by atoms with van der Waals surface area (Å²) >= 11 is 1.24. The van der Waals surface area contributed by atoms with Gasteiger partial charge in [0.05, 0.1) is 9.77 Å². The number of nitrogens with two attached hydrogens (primary N) is 1. The fourth-order valence-electron chi connectivity index (χ4n) is 2.39. The maximum Gasteiger partial charge on any atom is 0.261 e. The Bertz CT molecular complexity index is 1030. The lowest BCUT2D eigenvalue weighted by molar-refractivity contribution is 0.0958. The lowest BCUT2D eigenvalue weighted by Crippen LogP contribution is -2.24. The zero-order chi connectivity index (χ0) is 18.0. The van der Waals surface area contributed by atoms with Crippen molar-refractivity contribution < 1.29 is 17.6 Å². The molecule has 0 unspecified atom stereocenters. The van der Waals surface area contributed by atoms with Gasteiger partial charge in [-0.3, -0.25) is 4.79 Å². The average Bonchev–Trinajstić information content (AvgIpc) is 3.00. The van der Waals surface area contributed by atoms with Crippen LogP contribution in [0.3, 0.4) is 0 Å². The summed E-state index contributed by atoms with van der Waals surface area (Å²) in [4.78, 5) is 12.7. The standard InChI is InChI=1S/C17H15FN2O3S2/c18-14-2-1-3-15-13(14)10-16(24-15)17(21)20-9-8-11-4-6-12(7-5-11)25(19,22)23/h1-7,10H,8-9H2,(H,20,21)(H2,19,22,23). The number of rotatable bonds is 5. The van der Waals surface area contributed by atoms with Gasteiger partial charge in [-0.2, -0.15) is 0 Å². The topological polar surface area (TPSA) is 89.3 Å². The number of primary sulfonamides is 1. The first-order chi connectivity index (χ1) is 11.8. The Morgan fingerprint density at radius 3 is 2.52 bits per heavy atom. The molecule has 3 rings (SSSR count). The molecular formula is C17H15FN2O3S2. The molecule has 2 aromatic carbocycles. The first-order valence-corrected chi connectivity index (χ1v) is 9.79. The fraction of sp³-hybridized carbons (Fsp3) is 0.118. The number of nitrogens with one attached hydrogen (secondary N) is 1. The Labute approximate surface area is 148 Å². The van der Waals surface area contributed by atoms with E-state index in [0.717, 1.165) is 10.3 Å². The van der Waals surface area contributed by atoms with Crippen LogP contribution in [0.5, 0.6) is 0 Å². The van der Waals surface area contributed by atoms with Crippen molar-refractivity contribution in [2.75, 3.05) is 6.54 Å². The van der Waals surface area contributed by atoms with Gasteiger partial charge in [0.1, 0.15) is 5.82 Å². The maximum atomic E-state index is 13.7. The molecule has 0 aliphatic rings. The fourth-order valence-corrected chi connectivity index (χ4v) is 3.90. The van der Waals surface area contributed by atoms with Crippen LogP contribution in [0.2, 0.25) is 0 Å². The Kier molecular flexibility index (Phi) is 4.85. The summed E-state index contributed by atoms with van der Waals surface area (Å²) in [5.74, 6) is -0.607. The normalized spacial score (nSPS) is 11.6. The summed E-state index contributed by atoms with van der Waals surface area (Å²) in [7, 11) is -3.70. The van der Waals surface area contributed by atoms with Crippen LogP contribution in [0.4, 0.5) is 4.39 Å². The molecule has 1 aromatic heterocycles. The van der Waals surface area contributed by atoms with Crippen LogP contribution in [0, 0.1) is 5.82 Å². The summed E-state index contributed by atoms with van der Waals surface area (Å²) in [5.41, 5.74) is 0.870. The Morgan fingerprint density at radius 1 is 1.16 bits per heavy atom. The van der Waals surface area contributed by atoms with Gasteiger partial charge in [0.2, 0.25) is 10.0 Å². The highest BCUT2D eigenvalue weighted by Gasteiger charge is 2.12. The van der Waals surface area contributed by atoms with Crippen molar-refractivity contribution in [3.8, 4) is 0 Å². The van der Waals surface area contributed by atoms with Crippen LogP contribution < -0.4 is 10.5 Å². The maximum absolute atomic E-state index is 13.7. The van der Waals surface area contributed by atoms with Crippen molar-refractivity contribution in [2.45, 2.75) is 11.3 Å². The number of benzene rings is 2. The highest BCUT2D eigenvalue weighted by Crippen LogP contribution is 2.27. The number of halogens is 1. The molecule has 5 nitrogen and oxygen atoms in total.